The van der Waals surface area contributed by atoms with Gasteiger partial charge in [0.15, 0.2) is 0 Å². The highest BCUT2D eigenvalue weighted by Crippen LogP contribution is 2.44. The van der Waals surface area contributed by atoms with Crippen molar-refractivity contribution in [3.05, 3.63) is 72.1 Å². The average Bonchev–Trinajstić information content (AvgIpc) is 3.26. The quantitative estimate of drug-likeness (QED) is 0.156. The fraction of sp³-hybridized carbons (Fsp3) is 0.609. The van der Waals surface area contributed by atoms with Crippen molar-refractivity contribution in [2.24, 2.45) is 23.7 Å². The molecule has 0 spiro atoms. The van der Waals surface area contributed by atoms with Gasteiger partial charge in [0.2, 0.25) is 0 Å². The molecule has 2 aromatic heterocycles. The van der Waals surface area contributed by atoms with Crippen LogP contribution < -0.4 is 9.47 Å². The fourth-order valence-corrected chi connectivity index (χ4v) is 11.2. The number of ether oxygens (including phenoxy) is 2. The first kappa shape index (κ1) is 38.2. The predicted molar refractivity (Wildman–Crippen MR) is 221 cm³/mol. The lowest BCUT2D eigenvalue weighted by atomic mass is 9.72. The number of fused-ring (bicyclic) bond motifs is 8. The molecule has 10 heteroatoms. The summed E-state index contributed by atoms with van der Waals surface area (Å²) >= 11 is 0. The molecule has 56 heavy (non-hydrogen) atoms. The van der Waals surface area contributed by atoms with E-state index >= 15 is 0 Å². The average molecular weight is 763 g/mol. The summed E-state index contributed by atoms with van der Waals surface area (Å²) in [6.07, 6.45) is 9.76. The van der Waals surface area contributed by atoms with Gasteiger partial charge in [-0.05, 0) is 122 Å². The second-order valence-electron chi connectivity index (χ2n) is 17.5. The maximum absolute atomic E-state index is 11.7. The molecule has 4 aromatic rings. The van der Waals surface area contributed by atoms with Gasteiger partial charge in [0.05, 0.1) is 23.2 Å². The highest BCUT2D eigenvalue weighted by Gasteiger charge is 2.44. The number of aliphatic hydroxyl groups is 2. The second-order valence-corrected chi connectivity index (χ2v) is 17.5. The van der Waals surface area contributed by atoms with Crippen LogP contribution in [-0.4, -0.2) is 131 Å². The smallest absolute Gasteiger partial charge is 0.120 e. The number of rotatable bonds is 14. The Morgan fingerprint density at radius 3 is 1.46 bits per heavy atom. The molecule has 10 nitrogen and oxygen atoms in total. The van der Waals surface area contributed by atoms with E-state index in [1.807, 2.05) is 48.8 Å². The number of aromatic nitrogens is 2. The van der Waals surface area contributed by atoms with E-state index in [0.717, 1.165) is 146 Å². The molecule has 2 N–H and O–H groups in total. The number of benzene rings is 2. The highest BCUT2D eigenvalue weighted by atomic mass is 16.5. The van der Waals surface area contributed by atoms with E-state index in [9.17, 15) is 10.2 Å². The summed E-state index contributed by atoms with van der Waals surface area (Å²) in [5.41, 5.74) is 3.75. The molecular formula is C46H62N6O4. The van der Waals surface area contributed by atoms with Crippen molar-refractivity contribution in [2.45, 2.75) is 76.7 Å². The third-order valence-electron chi connectivity index (χ3n) is 14.6. The molecule has 2 aromatic carbocycles. The number of nitrogens with zero attached hydrogens (tertiary/aromatic N) is 6. The Hall–Kier alpha value is -3.38. The molecule has 10 atom stereocenters. The summed E-state index contributed by atoms with van der Waals surface area (Å²) in [6.45, 7) is 16.0. The van der Waals surface area contributed by atoms with Gasteiger partial charge in [-0.15, -0.1) is 0 Å². The topological polar surface area (TPSA) is 97.7 Å². The first-order valence-electron chi connectivity index (χ1n) is 21.8. The lowest BCUT2D eigenvalue weighted by Crippen LogP contribution is -2.55. The van der Waals surface area contributed by atoms with E-state index in [1.54, 1.807) is 0 Å². The van der Waals surface area contributed by atoms with Crippen LogP contribution in [0.15, 0.2) is 60.9 Å². The van der Waals surface area contributed by atoms with Crippen LogP contribution in [0.5, 0.6) is 11.5 Å². The minimum atomic E-state index is -0.525. The SMILES string of the molecule is CC[C@@H]1CN2CCC1C[C@H]2C(O)c1ccnc2ccc(OCCN3CCN(CCOc4ccc5nccc(C(O)[C@@H]6C[C@@H]7CCN6C[C@@H]7CC)c5c4)CC3)cc12. The standard InChI is InChI=1S/C46H62N6O4/c1-3-31-29-51-15-11-33(31)25-43(51)45(53)37-9-13-47-41-7-5-35(27-39(37)41)55-23-21-49-17-19-50(20-18-49)22-24-56-36-6-8-42-40(28-36)38(10-14-48-42)46(54)44-26-34-12-16-52(44)30-32(34)4-2/h5-10,13-14,27-28,31-34,43-46,53-54H,3-4,11-12,15-26,29-30H2,1-2H3/t31-,32+,33-,34?,43-,44-,45?,46?/m0/s1. The molecule has 300 valence electrons. The predicted octanol–water partition coefficient (Wildman–Crippen LogP) is 6.17. The van der Waals surface area contributed by atoms with Crippen molar-refractivity contribution in [2.75, 3.05) is 78.7 Å². The van der Waals surface area contributed by atoms with Gasteiger partial charge in [0.25, 0.3) is 0 Å². The molecule has 7 saturated heterocycles. The number of hydrogen-bond acceptors (Lipinski definition) is 10. The summed E-state index contributed by atoms with van der Waals surface area (Å²) in [5.74, 6) is 4.65. The van der Waals surface area contributed by atoms with E-state index in [4.69, 9.17) is 9.47 Å². The lowest BCUT2D eigenvalue weighted by molar-refractivity contribution is -0.0562. The fourth-order valence-electron chi connectivity index (χ4n) is 11.2. The van der Waals surface area contributed by atoms with Crippen LogP contribution in [0.2, 0.25) is 0 Å². The summed E-state index contributed by atoms with van der Waals surface area (Å²) in [5, 5.41) is 25.4. The summed E-state index contributed by atoms with van der Waals surface area (Å²) < 4.78 is 12.6. The van der Waals surface area contributed by atoms with Crippen LogP contribution in [0.25, 0.3) is 21.8 Å². The van der Waals surface area contributed by atoms with Crippen molar-refractivity contribution < 1.29 is 19.7 Å². The molecule has 7 aliphatic rings. The number of piperidine rings is 6. The molecular weight excluding hydrogens is 701 g/mol. The van der Waals surface area contributed by atoms with Gasteiger partial charge < -0.3 is 19.7 Å². The Kier molecular flexibility index (Phi) is 11.5. The van der Waals surface area contributed by atoms with E-state index in [1.165, 1.54) is 25.7 Å². The van der Waals surface area contributed by atoms with E-state index in [-0.39, 0.29) is 12.1 Å². The molecule has 7 aliphatic heterocycles. The third kappa shape index (κ3) is 7.77. The summed E-state index contributed by atoms with van der Waals surface area (Å²) in [7, 11) is 0. The number of aliphatic hydroxyl groups excluding tert-OH is 2. The van der Waals surface area contributed by atoms with Crippen LogP contribution in [-0.2, 0) is 0 Å². The molecule has 0 aliphatic carbocycles. The number of hydrogen-bond donors (Lipinski definition) is 2. The van der Waals surface area contributed by atoms with Gasteiger partial charge in [-0.25, -0.2) is 0 Å². The zero-order valence-electron chi connectivity index (χ0n) is 33.5. The van der Waals surface area contributed by atoms with Crippen LogP contribution in [0.3, 0.4) is 0 Å². The molecule has 9 heterocycles. The van der Waals surface area contributed by atoms with E-state index < -0.39 is 12.2 Å². The summed E-state index contributed by atoms with van der Waals surface area (Å²) in [4.78, 5) is 19.2. The molecule has 4 bridgehead atoms. The van der Waals surface area contributed by atoms with Gasteiger partial charge in [0.1, 0.15) is 24.7 Å². The maximum Gasteiger partial charge on any atom is 0.120 e. The van der Waals surface area contributed by atoms with Gasteiger partial charge in [-0.1, -0.05) is 26.7 Å². The zero-order chi connectivity index (χ0) is 38.2. The first-order chi connectivity index (χ1) is 27.4. The molecule has 0 radical (unpaired) electrons. The minimum absolute atomic E-state index is 0.176. The molecule has 0 saturated carbocycles. The number of pyridine rings is 2. The van der Waals surface area contributed by atoms with Gasteiger partial charge in [-0.3, -0.25) is 29.6 Å². The van der Waals surface area contributed by atoms with Gasteiger partial charge >= 0.3 is 0 Å². The molecule has 11 rings (SSSR count). The maximum atomic E-state index is 11.7. The number of piperazine rings is 1. The van der Waals surface area contributed by atoms with Crippen LogP contribution >= 0.6 is 0 Å². The zero-order valence-corrected chi connectivity index (χ0v) is 33.5. The van der Waals surface area contributed by atoms with Crippen LogP contribution in [0.1, 0.15) is 75.7 Å². The normalized spacial score (nSPS) is 30.5. The monoisotopic (exact) mass is 762 g/mol. The largest absolute Gasteiger partial charge is 0.492 e. The minimum Gasteiger partial charge on any atom is -0.492 e. The summed E-state index contributed by atoms with van der Waals surface area (Å²) in [6, 6.07) is 16.6. The molecule has 7 fully saturated rings. The van der Waals surface area contributed by atoms with Gasteiger partial charge in [-0.2, -0.15) is 0 Å². The van der Waals surface area contributed by atoms with Crippen molar-refractivity contribution in [1.82, 2.24) is 29.6 Å². The van der Waals surface area contributed by atoms with Crippen LogP contribution in [0.4, 0.5) is 0 Å². The highest BCUT2D eigenvalue weighted by molar-refractivity contribution is 5.84. The Morgan fingerprint density at radius 1 is 0.625 bits per heavy atom. The van der Waals surface area contributed by atoms with E-state index in [0.29, 0.717) is 13.2 Å². The van der Waals surface area contributed by atoms with Crippen molar-refractivity contribution in [3.63, 3.8) is 0 Å². The van der Waals surface area contributed by atoms with Crippen molar-refractivity contribution in [3.8, 4) is 11.5 Å². The Morgan fingerprint density at radius 2 is 1.07 bits per heavy atom. The Balaban J connectivity index is 0.740. The van der Waals surface area contributed by atoms with Crippen molar-refractivity contribution >= 4 is 21.8 Å². The second kappa shape index (κ2) is 16.8. The van der Waals surface area contributed by atoms with Crippen molar-refractivity contribution in [1.29, 1.82) is 0 Å². The van der Waals surface area contributed by atoms with Gasteiger partial charge in [0, 0.05) is 87.6 Å². The molecule has 5 unspecified atom stereocenters. The molecule has 0 amide bonds. The van der Waals surface area contributed by atoms with Crippen LogP contribution in [0, 0.1) is 23.7 Å². The lowest BCUT2D eigenvalue weighted by Gasteiger charge is -2.51. The van der Waals surface area contributed by atoms with E-state index in [2.05, 4.69) is 55.5 Å². The Labute approximate surface area is 332 Å². The Bertz CT molecular complexity index is 1810. The third-order valence-corrected chi connectivity index (χ3v) is 14.6. The first-order valence-corrected chi connectivity index (χ1v) is 21.8.